The molecule has 1 aliphatic rings. The van der Waals surface area contributed by atoms with Crippen LogP contribution in [-0.2, 0) is 16.1 Å². The highest BCUT2D eigenvalue weighted by atomic mass is 35.5. The van der Waals surface area contributed by atoms with Gasteiger partial charge in [-0.05, 0) is 47.9 Å². The fraction of sp³-hybridized carbons (Fsp3) is 0.0909. The van der Waals surface area contributed by atoms with Crippen molar-refractivity contribution >= 4 is 51.7 Å². The Morgan fingerprint density at radius 2 is 1.97 bits per heavy atom. The first-order valence-corrected chi connectivity index (χ1v) is 9.52. The number of aromatic nitrogens is 2. The number of hydrogen-bond acceptors (Lipinski definition) is 4. The topological polar surface area (TPSA) is 101 Å². The number of hydrogen-bond donors (Lipinski definition) is 2. The van der Waals surface area contributed by atoms with Gasteiger partial charge in [0.05, 0.1) is 10.9 Å². The van der Waals surface area contributed by atoms with E-state index < -0.39 is 11.9 Å². The number of carbonyl (C=O) groups is 2. The second-order valence-corrected chi connectivity index (χ2v) is 7.13. The lowest BCUT2D eigenvalue weighted by atomic mass is 10.1. The van der Waals surface area contributed by atoms with Crippen molar-refractivity contribution in [3.8, 4) is 0 Å². The summed E-state index contributed by atoms with van der Waals surface area (Å²) in [6.07, 6.45) is 4.26. The van der Waals surface area contributed by atoms with Gasteiger partial charge in [0.2, 0.25) is 5.91 Å². The molecule has 3 aromatic rings. The van der Waals surface area contributed by atoms with Gasteiger partial charge in [0.1, 0.15) is 5.82 Å². The molecule has 7 nitrogen and oxygen atoms in total. The van der Waals surface area contributed by atoms with Crippen LogP contribution >= 0.6 is 11.6 Å². The van der Waals surface area contributed by atoms with Crippen molar-refractivity contribution in [3.05, 3.63) is 81.4 Å². The number of aliphatic carboxylic acids is 1. The van der Waals surface area contributed by atoms with E-state index in [1.165, 1.54) is 0 Å². The normalized spacial score (nSPS) is 14.4. The van der Waals surface area contributed by atoms with Crippen molar-refractivity contribution in [2.24, 2.45) is 0 Å². The van der Waals surface area contributed by atoms with E-state index in [9.17, 15) is 14.4 Å². The number of nitrogens with zero attached hydrogens (tertiary/aromatic N) is 2. The second-order valence-electron chi connectivity index (χ2n) is 6.73. The highest BCUT2D eigenvalue weighted by Crippen LogP contribution is 2.29. The van der Waals surface area contributed by atoms with E-state index in [4.69, 9.17) is 16.7 Å². The molecular formula is C22H16ClN3O4. The molecule has 0 unspecified atom stereocenters. The maximum absolute atomic E-state index is 12.9. The van der Waals surface area contributed by atoms with E-state index in [0.29, 0.717) is 40.4 Å². The number of carboxylic acid groups (broad SMARTS) is 1. The predicted molar refractivity (Wildman–Crippen MR) is 115 cm³/mol. The Morgan fingerprint density at radius 1 is 1.17 bits per heavy atom. The van der Waals surface area contributed by atoms with Gasteiger partial charge in [-0.3, -0.25) is 14.2 Å². The van der Waals surface area contributed by atoms with E-state index in [1.807, 2.05) is 24.3 Å². The van der Waals surface area contributed by atoms with Gasteiger partial charge in [0.25, 0.3) is 5.56 Å². The van der Waals surface area contributed by atoms with Gasteiger partial charge in [-0.25, -0.2) is 9.78 Å². The molecule has 8 heteroatoms. The van der Waals surface area contributed by atoms with Crippen molar-refractivity contribution < 1.29 is 14.7 Å². The summed E-state index contributed by atoms with van der Waals surface area (Å²) >= 11 is 6.25. The SMILES string of the molecule is O=C(O)/C=C/C(=O)Nc1ccc2c(=O)n3c(nc2c1)/C(=C/c1ccccc1Cl)CC3. The first-order valence-electron chi connectivity index (χ1n) is 9.14. The van der Waals surface area contributed by atoms with Gasteiger partial charge in [0, 0.05) is 29.4 Å². The molecule has 0 radical (unpaired) electrons. The lowest BCUT2D eigenvalue weighted by molar-refractivity contribution is -0.131. The average Bonchev–Trinajstić information content (AvgIpc) is 3.11. The Kier molecular flexibility index (Phi) is 5.20. The molecule has 150 valence electrons. The molecule has 2 aromatic carbocycles. The quantitative estimate of drug-likeness (QED) is 0.627. The number of nitrogens with one attached hydrogen (secondary N) is 1. The molecule has 1 amide bonds. The van der Waals surface area contributed by atoms with Crippen LogP contribution in [0.5, 0.6) is 0 Å². The monoisotopic (exact) mass is 421 g/mol. The van der Waals surface area contributed by atoms with Crippen molar-refractivity contribution in [2.75, 3.05) is 5.32 Å². The molecule has 4 rings (SSSR count). The largest absolute Gasteiger partial charge is 0.478 e. The Hall–Kier alpha value is -3.71. The summed E-state index contributed by atoms with van der Waals surface area (Å²) in [6.45, 7) is 0.534. The maximum Gasteiger partial charge on any atom is 0.328 e. The fourth-order valence-electron chi connectivity index (χ4n) is 3.34. The summed E-state index contributed by atoms with van der Waals surface area (Å²) < 4.78 is 1.64. The number of rotatable bonds is 4. The first kappa shape index (κ1) is 19.6. The van der Waals surface area contributed by atoms with Crippen molar-refractivity contribution in [2.45, 2.75) is 13.0 Å². The average molecular weight is 422 g/mol. The Labute approximate surface area is 175 Å². The van der Waals surface area contributed by atoms with Gasteiger partial charge < -0.3 is 10.4 Å². The van der Waals surface area contributed by atoms with Crippen LogP contribution in [0.3, 0.4) is 0 Å². The van der Waals surface area contributed by atoms with Gasteiger partial charge in [0.15, 0.2) is 0 Å². The number of fused-ring (bicyclic) bond motifs is 2. The molecule has 0 fully saturated rings. The molecule has 0 spiro atoms. The zero-order valence-electron chi connectivity index (χ0n) is 15.6. The number of carbonyl (C=O) groups excluding carboxylic acids is 1. The number of benzene rings is 2. The molecule has 0 atom stereocenters. The third kappa shape index (κ3) is 3.88. The minimum Gasteiger partial charge on any atom is -0.478 e. The van der Waals surface area contributed by atoms with Gasteiger partial charge in [-0.2, -0.15) is 0 Å². The molecule has 0 bridgehead atoms. The summed E-state index contributed by atoms with van der Waals surface area (Å²) in [5, 5.41) is 12.2. The minimum absolute atomic E-state index is 0.152. The number of amides is 1. The molecule has 1 aliphatic heterocycles. The highest BCUT2D eigenvalue weighted by Gasteiger charge is 2.21. The van der Waals surface area contributed by atoms with Crippen molar-refractivity contribution in [1.82, 2.24) is 9.55 Å². The van der Waals surface area contributed by atoms with Gasteiger partial charge >= 0.3 is 5.97 Å². The first-order chi connectivity index (χ1) is 14.4. The van der Waals surface area contributed by atoms with Crippen molar-refractivity contribution in [3.63, 3.8) is 0 Å². The summed E-state index contributed by atoms with van der Waals surface area (Å²) in [5.41, 5.74) is 2.46. The van der Waals surface area contributed by atoms with Crippen LogP contribution in [0.25, 0.3) is 22.6 Å². The number of halogens is 1. The van der Waals surface area contributed by atoms with Crippen LogP contribution in [0.1, 0.15) is 17.8 Å². The lowest BCUT2D eigenvalue weighted by Crippen LogP contribution is -2.21. The van der Waals surface area contributed by atoms with Crippen LogP contribution in [0.15, 0.2) is 59.4 Å². The molecule has 0 aliphatic carbocycles. The molecule has 2 heterocycles. The third-order valence-corrected chi connectivity index (χ3v) is 5.07. The maximum atomic E-state index is 12.9. The van der Waals surface area contributed by atoms with Gasteiger partial charge in [-0.15, -0.1) is 0 Å². The summed E-state index contributed by atoms with van der Waals surface area (Å²) in [5.74, 6) is -1.23. The van der Waals surface area contributed by atoms with Crippen LogP contribution in [0.2, 0.25) is 5.02 Å². The number of carboxylic acids is 1. The fourth-order valence-corrected chi connectivity index (χ4v) is 3.53. The van der Waals surface area contributed by atoms with Crippen LogP contribution in [0.4, 0.5) is 5.69 Å². The molecule has 2 N–H and O–H groups in total. The Morgan fingerprint density at radius 3 is 2.73 bits per heavy atom. The second kappa shape index (κ2) is 7.96. The van der Waals surface area contributed by atoms with Crippen LogP contribution < -0.4 is 10.9 Å². The lowest BCUT2D eigenvalue weighted by Gasteiger charge is -2.08. The van der Waals surface area contributed by atoms with E-state index in [0.717, 1.165) is 23.3 Å². The predicted octanol–water partition coefficient (Wildman–Crippen LogP) is 3.57. The standard InChI is InChI=1S/C22H16ClN3O4/c23-17-4-2-1-3-13(17)11-14-9-10-26-21(14)25-18-12-15(5-6-16(18)22(26)30)24-19(27)7-8-20(28)29/h1-8,11-12H,9-10H2,(H,24,27)(H,28,29)/b8-7+,14-11+. The number of allylic oxidation sites excluding steroid dienone is 1. The Bertz CT molecular complexity index is 1310. The summed E-state index contributed by atoms with van der Waals surface area (Å²) in [6, 6.07) is 12.2. The van der Waals surface area contributed by atoms with E-state index in [2.05, 4.69) is 10.3 Å². The van der Waals surface area contributed by atoms with Crippen LogP contribution in [-0.4, -0.2) is 26.5 Å². The zero-order valence-corrected chi connectivity index (χ0v) is 16.4. The third-order valence-electron chi connectivity index (χ3n) is 4.73. The summed E-state index contributed by atoms with van der Waals surface area (Å²) in [7, 11) is 0. The molecule has 30 heavy (non-hydrogen) atoms. The van der Waals surface area contributed by atoms with E-state index in [-0.39, 0.29) is 5.56 Å². The van der Waals surface area contributed by atoms with E-state index >= 15 is 0 Å². The Balaban J connectivity index is 1.73. The molecule has 1 aromatic heterocycles. The smallest absolute Gasteiger partial charge is 0.328 e. The molecule has 0 saturated heterocycles. The van der Waals surface area contributed by atoms with Crippen LogP contribution in [0, 0.1) is 0 Å². The molecule has 0 saturated carbocycles. The zero-order chi connectivity index (χ0) is 21.3. The molecular weight excluding hydrogens is 406 g/mol. The van der Waals surface area contributed by atoms with E-state index in [1.54, 1.807) is 28.8 Å². The summed E-state index contributed by atoms with van der Waals surface area (Å²) in [4.78, 5) is 39.9. The minimum atomic E-state index is -1.22. The number of anilines is 1. The van der Waals surface area contributed by atoms with Crippen molar-refractivity contribution in [1.29, 1.82) is 0 Å². The highest BCUT2D eigenvalue weighted by molar-refractivity contribution is 6.32. The van der Waals surface area contributed by atoms with Gasteiger partial charge in [-0.1, -0.05) is 29.8 Å².